The van der Waals surface area contributed by atoms with E-state index in [9.17, 15) is 62.7 Å². The van der Waals surface area contributed by atoms with Gasteiger partial charge in [-0.2, -0.15) is 0 Å². The van der Waals surface area contributed by atoms with Crippen molar-refractivity contribution >= 4 is 74.9 Å². The number of Topliss-reactive ketones (excluding diaryl/α,β-unsaturated/α-hetero) is 1. The van der Waals surface area contributed by atoms with Gasteiger partial charge in [-0.1, -0.05) is 107 Å². The molecular weight excluding hydrogens is 1050 g/mol. The van der Waals surface area contributed by atoms with Gasteiger partial charge in [0.15, 0.2) is 22.8 Å². The molecule has 2 aromatic heterocycles. The third kappa shape index (κ3) is 24.9. The molecule has 0 spiro atoms. The molecule has 3 heterocycles. The zero-order chi connectivity index (χ0) is 54.8. The number of hydrogen-bond donors (Lipinski definition) is 5. The maximum absolute atomic E-state index is 12.7. The van der Waals surface area contributed by atoms with Crippen LogP contribution in [0.5, 0.6) is 0 Å². The highest BCUT2D eigenvalue weighted by Crippen LogP contribution is 2.56. The molecule has 1 aliphatic rings. The molecule has 1 aliphatic heterocycles. The number of fused-ring (bicyclic) bond motifs is 1. The van der Waals surface area contributed by atoms with Crippen molar-refractivity contribution in [3.8, 4) is 0 Å². The summed E-state index contributed by atoms with van der Waals surface area (Å²) in [5, 5.41) is 26.0. The van der Waals surface area contributed by atoms with Crippen molar-refractivity contribution in [2.24, 2.45) is 5.41 Å². The summed E-state index contributed by atoms with van der Waals surface area (Å²) in [6.45, 7) is 2.04. The van der Waals surface area contributed by atoms with Gasteiger partial charge in [-0.25, -0.2) is 19.3 Å². The second kappa shape index (κ2) is 32.7. The van der Waals surface area contributed by atoms with Crippen LogP contribution in [0.3, 0.4) is 0 Å². The molecule has 1 saturated heterocycles. The molecule has 0 aliphatic carbocycles. The summed E-state index contributed by atoms with van der Waals surface area (Å²) in [5.74, 6) is -1.55. The number of nitrogens with two attached hydrogens (primary N) is 1. The highest BCUT2D eigenvalue weighted by atomic mass is 32.2. The number of amides is 2. The molecule has 2 aromatic rings. The van der Waals surface area contributed by atoms with Gasteiger partial charge in [0.1, 0.15) is 42.0 Å². The van der Waals surface area contributed by atoms with Crippen LogP contribution < -0.4 is 35.9 Å². The average Bonchev–Trinajstić information content (AvgIpc) is 3.89. The predicted molar refractivity (Wildman–Crippen MR) is 265 cm³/mol. The van der Waals surface area contributed by atoms with Crippen LogP contribution in [0.4, 0.5) is 5.82 Å². The largest absolute Gasteiger partial charge is 0.790 e. The molecule has 25 nitrogen and oxygen atoms in total. The maximum atomic E-state index is 12.7. The molecule has 29 heteroatoms. The number of phosphoric acid groups is 3. The smallest absolute Gasteiger partial charge is 0.274 e. The second-order valence-electron chi connectivity index (χ2n) is 17.6. The lowest BCUT2D eigenvalue weighted by molar-refractivity contribution is -0.347. The first kappa shape index (κ1) is 64.5. The third-order valence-corrected chi connectivity index (χ3v) is 14.8. The lowest BCUT2D eigenvalue weighted by atomic mass is 9.87. The van der Waals surface area contributed by atoms with E-state index in [2.05, 4.69) is 99.0 Å². The number of unbranched alkanes of at least 4 members (excludes halogenated alkanes) is 6. The van der Waals surface area contributed by atoms with E-state index in [0.29, 0.717) is 6.42 Å². The highest BCUT2D eigenvalue weighted by Gasteiger charge is 2.47. The van der Waals surface area contributed by atoms with Gasteiger partial charge in [0.25, 0.3) is 15.6 Å². The number of allylic oxidation sites excluding steroid dienone is 8. The zero-order valence-corrected chi connectivity index (χ0v) is 45.1. The van der Waals surface area contributed by atoms with Crippen molar-refractivity contribution < 1.29 is 85.3 Å². The van der Waals surface area contributed by atoms with E-state index in [0.717, 1.165) is 99.6 Å². The molecule has 0 saturated carbocycles. The van der Waals surface area contributed by atoms with Crippen molar-refractivity contribution in [2.75, 3.05) is 37.8 Å². The van der Waals surface area contributed by atoms with E-state index < -0.39 is 84.6 Å². The fourth-order valence-corrected chi connectivity index (χ4v) is 10.4. The number of hydrogen-bond acceptors (Lipinski definition) is 23. The Balaban J connectivity index is 1.26. The Morgan fingerprint density at radius 2 is 1.49 bits per heavy atom. The Kier molecular flexibility index (Phi) is 28.5. The number of thioether (sulfide) groups is 1. The standard InChI is InChI=1S/C45H72N7O18P3S/c1-4-5-6-7-8-9-10-11-12-13-14-15-16-17-18-19-20-21-22-23-33(53)28-36(55)74-27-26-47-35(54)24-25-48-43(58)40(57)45(2,3)30-67-73(64,65)70-72(62,63)66-29-34-39(69-71(59,60)61)38(56)44(68-34)52-32-51-37-41(46)49-31-50-42(37)52/h5-6,8-9,11-12,14-15,31-32,34,38-40,44,56-57H,4,7,10,13,16-30H2,1-3H3,(H,47,54)(H,48,58)(H,62,63)(H,64,65)(H2,46,49,50)(H2,59,60,61)/p-4/b6-5-,9-8-,12-11-,15-14-/t34-,38-,39-,40+,44-/m1/s1. The molecule has 2 unspecified atom stereocenters. The van der Waals surface area contributed by atoms with Crippen molar-refractivity contribution in [3.63, 3.8) is 0 Å². The first-order valence-corrected chi connectivity index (χ1v) is 29.4. The van der Waals surface area contributed by atoms with Gasteiger partial charge >= 0.3 is 0 Å². The van der Waals surface area contributed by atoms with Crippen LogP contribution in [0.1, 0.15) is 117 Å². The highest BCUT2D eigenvalue weighted by molar-refractivity contribution is 8.13. The van der Waals surface area contributed by atoms with Crippen molar-refractivity contribution in [1.82, 2.24) is 30.2 Å². The van der Waals surface area contributed by atoms with E-state index in [1.54, 1.807) is 0 Å². The molecule has 1 fully saturated rings. The number of ether oxygens (including phenoxy) is 1. The SMILES string of the molecule is CC/C=C\C/C=C\C/C=C\C/C=C\CCCCCCCCC(=O)CC(=O)SCCNC(=O)CCNC(=O)[C@H](O)C(C)(C)COP(=O)([O-])OP(=O)([O-])OC[C@H]1O[C@@H](n2cnc3c(N)ncnc32)[C@H](O)[C@@H]1OP(=O)([O-])[O-]. The molecular formula is C45H68N7O18P3S-4. The normalized spacial score (nSPS) is 19.7. The number of nitrogens with one attached hydrogen (secondary N) is 2. The molecule has 0 bridgehead atoms. The molecule has 2 amide bonds. The number of carbonyl (C=O) groups is 4. The van der Waals surface area contributed by atoms with Gasteiger partial charge < -0.3 is 69.0 Å². The van der Waals surface area contributed by atoms with Gasteiger partial charge in [0.2, 0.25) is 11.8 Å². The summed E-state index contributed by atoms with van der Waals surface area (Å²) < 4.78 is 60.8. The molecule has 416 valence electrons. The van der Waals surface area contributed by atoms with Gasteiger partial charge in [0, 0.05) is 37.1 Å². The summed E-state index contributed by atoms with van der Waals surface area (Å²) in [4.78, 5) is 109. The second-order valence-corrected chi connectivity index (χ2v) is 22.8. The number of imidazole rings is 1. The number of aromatic nitrogens is 4. The van der Waals surface area contributed by atoms with E-state index in [4.69, 9.17) is 10.5 Å². The topological polar surface area (TPSA) is 392 Å². The number of ketones is 1. The summed E-state index contributed by atoms with van der Waals surface area (Å²) in [7, 11) is -17.7. The number of nitrogen functional groups attached to an aromatic ring is 1. The minimum atomic E-state index is -5.94. The number of aliphatic hydroxyl groups excluding tert-OH is 2. The van der Waals surface area contributed by atoms with Crippen molar-refractivity contribution in [2.45, 2.75) is 141 Å². The van der Waals surface area contributed by atoms with Crippen LogP contribution in [-0.2, 0) is 55.5 Å². The molecule has 0 radical (unpaired) electrons. The molecule has 6 N–H and O–H groups in total. The monoisotopic (exact) mass is 1120 g/mol. The van der Waals surface area contributed by atoms with Crippen LogP contribution in [0.15, 0.2) is 61.3 Å². The fourth-order valence-electron chi connectivity index (χ4n) is 6.96. The Labute approximate surface area is 434 Å². The minimum Gasteiger partial charge on any atom is -0.790 e. The summed E-state index contributed by atoms with van der Waals surface area (Å²) in [6.07, 6.45) is 20.9. The Bertz CT molecular complexity index is 2380. The number of aliphatic hydroxyl groups is 2. The van der Waals surface area contributed by atoms with Gasteiger partial charge in [0.05, 0.1) is 33.8 Å². The van der Waals surface area contributed by atoms with E-state index in [1.807, 2.05) is 0 Å². The van der Waals surface area contributed by atoms with Crippen LogP contribution >= 0.6 is 35.2 Å². The van der Waals surface area contributed by atoms with Gasteiger partial charge in [-0.15, -0.1) is 0 Å². The van der Waals surface area contributed by atoms with Crippen molar-refractivity contribution in [1.29, 1.82) is 0 Å². The number of carbonyl (C=O) groups excluding carboxylic acids is 4. The number of anilines is 1. The average molecular weight is 1120 g/mol. The van der Waals surface area contributed by atoms with Crippen LogP contribution in [0, 0.1) is 5.41 Å². The Hall–Kier alpha value is -3.81. The van der Waals surface area contributed by atoms with Crippen LogP contribution in [0.2, 0.25) is 0 Å². The zero-order valence-electron chi connectivity index (χ0n) is 41.6. The van der Waals surface area contributed by atoms with Crippen LogP contribution in [0.25, 0.3) is 11.2 Å². The van der Waals surface area contributed by atoms with E-state index in [1.165, 1.54) is 13.8 Å². The Morgan fingerprint density at radius 3 is 2.15 bits per heavy atom. The summed E-state index contributed by atoms with van der Waals surface area (Å²) in [5.41, 5.74) is 4.05. The molecule has 3 rings (SSSR count). The quantitative estimate of drug-likeness (QED) is 0.0281. The number of rotatable bonds is 37. The lowest BCUT2D eigenvalue weighted by Gasteiger charge is -2.36. The fraction of sp³-hybridized carbons (Fsp3) is 0.622. The minimum absolute atomic E-state index is 0.0274. The summed E-state index contributed by atoms with van der Waals surface area (Å²) >= 11 is 0.919. The first-order valence-electron chi connectivity index (χ1n) is 24.0. The first-order chi connectivity index (χ1) is 34.9. The van der Waals surface area contributed by atoms with Crippen molar-refractivity contribution in [3.05, 3.63) is 61.3 Å². The number of nitrogens with zero attached hydrogens (tertiary/aromatic N) is 4. The van der Waals surface area contributed by atoms with Gasteiger partial charge in [-0.05, 0) is 44.9 Å². The third-order valence-electron chi connectivity index (χ3n) is 10.9. The van der Waals surface area contributed by atoms with E-state index >= 15 is 0 Å². The van der Waals surface area contributed by atoms with Gasteiger partial charge in [-0.3, -0.25) is 32.9 Å². The summed E-state index contributed by atoms with van der Waals surface area (Å²) in [6, 6.07) is 0. The van der Waals surface area contributed by atoms with E-state index in [-0.39, 0.29) is 59.6 Å². The lowest BCUT2D eigenvalue weighted by Crippen LogP contribution is -2.46. The molecule has 0 aromatic carbocycles. The number of phosphoric ester groups is 3. The molecule has 74 heavy (non-hydrogen) atoms. The predicted octanol–water partition coefficient (Wildman–Crippen LogP) is 3.02. The Morgan fingerprint density at radius 1 is 0.865 bits per heavy atom. The van der Waals surface area contributed by atoms with Crippen LogP contribution in [-0.4, -0.2) is 109 Å². The maximum Gasteiger partial charge on any atom is 0.274 e. The molecule has 7 atom stereocenters.